The third kappa shape index (κ3) is 2.09. The van der Waals surface area contributed by atoms with E-state index in [9.17, 15) is 9.50 Å². The highest BCUT2D eigenvalue weighted by molar-refractivity contribution is 5.45. The molecule has 72 valence electrons. The van der Waals surface area contributed by atoms with Crippen LogP contribution in [-0.4, -0.2) is 16.8 Å². The van der Waals surface area contributed by atoms with Crippen molar-refractivity contribution in [2.45, 2.75) is 12.6 Å². The maximum absolute atomic E-state index is 13.2. The third-order valence-corrected chi connectivity index (χ3v) is 1.80. The summed E-state index contributed by atoms with van der Waals surface area (Å²) >= 11 is 0. The molecule has 0 fully saturated rings. The summed E-state index contributed by atoms with van der Waals surface area (Å²) in [4.78, 5) is 0. The van der Waals surface area contributed by atoms with Crippen molar-refractivity contribution in [1.82, 2.24) is 0 Å². The summed E-state index contributed by atoms with van der Waals surface area (Å²) in [5.74, 6) is -0.708. The maximum atomic E-state index is 13.2. The van der Waals surface area contributed by atoms with Crippen LogP contribution >= 0.6 is 0 Å². The van der Waals surface area contributed by atoms with Crippen LogP contribution in [0.15, 0.2) is 18.2 Å². The first-order chi connectivity index (χ1) is 6.16. The average molecular weight is 185 g/mol. The summed E-state index contributed by atoms with van der Waals surface area (Å²) in [5, 5.41) is 18.3. The molecule has 0 aromatic heterocycles. The van der Waals surface area contributed by atoms with Crippen LogP contribution in [0.4, 0.5) is 4.39 Å². The zero-order valence-corrected chi connectivity index (χ0v) is 7.07. The number of nitrogens with two attached hydrogens (primary N) is 1. The highest BCUT2D eigenvalue weighted by Gasteiger charge is 2.15. The van der Waals surface area contributed by atoms with Crippen LogP contribution in [0.2, 0.25) is 0 Å². The molecule has 0 aliphatic carbocycles. The van der Waals surface area contributed by atoms with Gasteiger partial charge >= 0.3 is 0 Å². The molecule has 0 spiro atoms. The Bertz CT molecular complexity index is 291. The fourth-order valence-corrected chi connectivity index (χ4v) is 1.10. The van der Waals surface area contributed by atoms with Crippen LogP contribution in [0.5, 0.6) is 11.5 Å². The Morgan fingerprint density at radius 2 is 2.08 bits per heavy atom. The molecule has 0 saturated heterocycles. The molecule has 0 saturated carbocycles. The molecule has 0 aliphatic heterocycles. The Hall–Kier alpha value is -1.29. The summed E-state index contributed by atoms with van der Waals surface area (Å²) in [6, 6.07) is 4.21. The number of para-hydroxylation sites is 1. The second kappa shape index (κ2) is 4.09. The highest BCUT2D eigenvalue weighted by atomic mass is 19.1. The van der Waals surface area contributed by atoms with Gasteiger partial charge in [-0.25, -0.2) is 4.39 Å². The predicted octanol–water partition coefficient (Wildman–Crippen LogP) is 1.46. The summed E-state index contributed by atoms with van der Waals surface area (Å²) in [6.07, 6.45) is -1.19. The van der Waals surface area contributed by atoms with Crippen molar-refractivity contribution in [3.63, 3.8) is 0 Å². The van der Waals surface area contributed by atoms with E-state index in [1.807, 2.05) is 0 Å². The van der Waals surface area contributed by atoms with E-state index in [1.165, 1.54) is 18.2 Å². The first-order valence-electron chi connectivity index (χ1n) is 4.01. The van der Waals surface area contributed by atoms with Crippen LogP contribution in [-0.2, 0) is 0 Å². The minimum Gasteiger partial charge on any atom is -0.504 e. The maximum Gasteiger partial charge on any atom is 0.163 e. The monoisotopic (exact) mass is 185 g/mol. The number of halogens is 1. The van der Waals surface area contributed by atoms with Crippen molar-refractivity contribution < 1.29 is 14.6 Å². The van der Waals surface area contributed by atoms with Crippen molar-refractivity contribution in [3.05, 3.63) is 23.8 Å². The van der Waals surface area contributed by atoms with Crippen LogP contribution in [0.1, 0.15) is 18.2 Å². The van der Waals surface area contributed by atoms with Gasteiger partial charge in [0.15, 0.2) is 11.5 Å². The van der Waals surface area contributed by atoms with Crippen LogP contribution in [0.3, 0.4) is 0 Å². The minimum atomic E-state index is -1.32. The summed E-state index contributed by atoms with van der Waals surface area (Å²) in [7, 11) is 0. The van der Waals surface area contributed by atoms with Crippen molar-refractivity contribution >= 4 is 0 Å². The van der Waals surface area contributed by atoms with E-state index >= 15 is 0 Å². The Balaban J connectivity index is 2.93. The first kappa shape index (κ1) is 9.80. The first-order valence-corrected chi connectivity index (χ1v) is 4.01. The number of phenols is 2. The Labute approximate surface area is 75.6 Å². The molecule has 3 nitrogen and oxygen atoms in total. The second-order valence-electron chi connectivity index (χ2n) is 2.76. The van der Waals surface area contributed by atoms with Gasteiger partial charge in [0.25, 0.3) is 0 Å². The van der Waals surface area contributed by atoms with E-state index in [-0.39, 0.29) is 24.3 Å². The Morgan fingerprint density at radius 1 is 1.38 bits per heavy atom. The zero-order chi connectivity index (χ0) is 9.84. The summed E-state index contributed by atoms with van der Waals surface area (Å²) in [6.45, 7) is 0.205. The van der Waals surface area contributed by atoms with E-state index in [4.69, 9.17) is 10.8 Å². The summed E-state index contributed by atoms with van der Waals surface area (Å²) in [5.41, 5.74) is 5.26. The van der Waals surface area contributed by atoms with E-state index in [0.29, 0.717) is 0 Å². The lowest BCUT2D eigenvalue weighted by atomic mass is 10.1. The second-order valence-corrected chi connectivity index (χ2v) is 2.76. The SMILES string of the molecule is NCCC(F)c1cccc(O)c1O. The lowest BCUT2D eigenvalue weighted by molar-refractivity contribution is 0.310. The molecule has 13 heavy (non-hydrogen) atoms. The van der Waals surface area contributed by atoms with Crippen molar-refractivity contribution in [2.75, 3.05) is 6.54 Å². The predicted molar refractivity (Wildman–Crippen MR) is 47.3 cm³/mol. The van der Waals surface area contributed by atoms with Gasteiger partial charge in [0.1, 0.15) is 6.17 Å². The van der Waals surface area contributed by atoms with E-state index in [2.05, 4.69) is 0 Å². The molecule has 0 aliphatic rings. The normalized spacial score (nSPS) is 12.8. The van der Waals surface area contributed by atoms with E-state index in [0.717, 1.165) is 0 Å². The molecule has 0 heterocycles. The lowest BCUT2D eigenvalue weighted by Crippen LogP contribution is -2.03. The van der Waals surface area contributed by atoms with Crippen LogP contribution < -0.4 is 5.73 Å². The molecule has 1 aromatic carbocycles. The van der Waals surface area contributed by atoms with Crippen molar-refractivity contribution in [1.29, 1.82) is 0 Å². The van der Waals surface area contributed by atoms with Gasteiger partial charge in [-0.05, 0) is 19.0 Å². The van der Waals surface area contributed by atoms with Gasteiger partial charge in [0, 0.05) is 5.56 Å². The zero-order valence-electron chi connectivity index (χ0n) is 7.07. The Morgan fingerprint density at radius 3 is 2.69 bits per heavy atom. The number of benzene rings is 1. The number of alkyl halides is 1. The van der Waals surface area contributed by atoms with Crippen LogP contribution in [0.25, 0.3) is 0 Å². The largest absolute Gasteiger partial charge is 0.504 e. The molecule has 0 bridgehead atoms. The van der Waals surface area contributed by atoms with Crippen molar-refractivity contribution in [3.8, 4) is 11.5 Å². The molecule has 0 radical (unpaired) electrons. The highest BCUT2D eigenvalue weighted by Crippen LogP contribution is 2.35. The van der Waals surface area contributed by atoms with Gasteiger partial charge in [0.05, 0.1) is 0 Å². The minimum absolute atomic E-state index is 0.0884. The van der Waals surface area contributed by atoms with Gasteiger partial charge in [-0.2, -0.15) is 0 Å². The molecule has 1 aromatic rings. The smallest absolute Gasteiger partial charge is 0.163 e. The molecule has 1 rings (SSSR count). The molecule has 1 atom stereocenters. The van der Waals surface area contributed by atoms with Crippen LogP contribution in [0, 0.1) is 0 Å². The molecular weight excluding hydrogens is 173 g/mol. The van der Waals surface area contributed by atoms with Crippen molar-refractivity contribution in [2.24, 2.45) is 5.73 Å². The molecule has 4 heteroatoms. The molecular formula is C9H12FNO2. The van der Waals surface area contributed by atoms with Gasteiger partial charge < -0.3 is 15.9 Å². The third-order valence-electron chi connectivity index (χ3n) is 1.80. The number of phenolic OH excluding ortho intramolecular Hbond substituents is 2. The molecule has 1 unspecified atom stereocenters. The molecule has 4 N–H and O–H groups in total. The summed E-state index contributed by atoms with van der Waals surface area (Å²) < 4.78 is 13.2. The fraction of sp³-hybridized carbons (Fsp3) is 0.333. The van der Waals surface area contributed by atoms with Gasteiger partial charge in [-0.1, -0.05) is 12.1 Å². The molecule has 0 amide bonds. The Kier molecular flexibility index (Phi) is 3.08. The number of rotatable bonds is 3. The average Bonchev–Trinajstić information content (AvgIpc) is 2.10. The van der Waals surface area contributed by atoms with Gasteiger partial charge in [-0.15, -0.1) is 0 Å². The van der Waals surface area contributed by atoms with Gasteiger partial charge in [0.2, 0.25) is 0 Å². The standard InChI is InChI=1S/C9H12FNO2/c10-7(4-5-11)6-2-1-3-8(12)9(6)13/h1-3,7,12-13H,4-5,11H2. The van der Waals surface area contributed by atoms with E-state index in [1.54, 1.807) is 0 Å². The lowest BCUT2D eigenvalue weighted by Gasteiger charge is -2.09. The number of hydrogen-bond acceptors (Lipinski definition) is 3. The number of aromatic hydroxyl groups is 2. The quantitative estimate of drug-likeness (QED) is 0.624. The van der Waals surface area contributed by atoms with E-state index < -0.39 is 11.9 Å². The number of hydrogen-bond donors (Lipinski definition) is 3. The fourth-order valence-electron chi connectivity index (χ4n) is 1.10. The topological polar surface area (TPSA) is 66.5 Å². The van der Waals surface area contributed by atoms with Gasteiger partial charge in [-0.3, -0.25) is 0 Å².